The second-order valence-electron chi connectivity index (χ2n) is 8.60. The van der Waals surface area contributed by atoms with Crippen molar-refractivity contribution in [1.29, 1.82) is 0 Å². The highest BCUT2D eigenvalue weighted by Crippen LogP contribution is 2.46. The minimum absolute atomic E-state index is 0.0516. The molecule has 4 rings (SSSR count). The molecule has 5 heteroatoms. The number of carbonyl (C=O) groups excluding carboxylic acids is 1. The van der Waals surface area contributed by atoms with Gasteiger partial charge in [-0.3, -0.25) is 4.79 Å². The van der Waals surface area contributed by atoms with Crippen LogP contribution < -0.4 is 19.5 Å². The van der Waals surface area contributed by atoms with Gasteiger partial charge in [0.05, 0.1) is 20.3 Å². The van der Waals surface area contributed by atoms with Gasteiger partial charge in [-0.05, 0) is 62.4 Å². The molecule has 0 radical (unpaired) electrons. The smallest absolute Gasteiger partial charge is 0.244 e. The van der Waals surface area contributed by atoms with Crippen LogP contribution in [0.15, 0.2) is 42.5 Å². The first kappa shape index (κ1) is 21.3. The van der Waals surface area contributed by atoms with Gasteiger partial charge in [-0.25, -0.2) is 0 Å². The van der Waals surface area contributed by atoms with Crippen LogP contribution in [-0.2, 0) is 4.79 Å². The van der Waals surface area contributed by atoms with Crippen LogP contribution in [0.1, 0.15) is 61.3 Å². The molecule has 1 spiro atoms. The number of nitrogens with one attached hydrogen (secondary N) is 1. The van der Waals surface area contributed by atoms with Crippen molar-refractivity contribution < 1.29 is 19.0 Å². The lowest BCUT2D eigenvalue weighted by Gasteiger charge is -2.44. The van der Waals surface area contributed by atoms with Crippen LogP contribution >= 0.6 is 0 Å². The van der Waals surface area contributed by atoms with Gasteiger partial charge in [0.15, 0.2) is 11.5 Å². The summed E-state index contributed by atoms with van der Waals surface area (Å²) in [4.78, 5) is 12.8. The number of amides is 1. The summed E-state index contributed by atoms with van der Waals surface area (Å²) in [7, 11) is 3.21. The van der Waals surface area contributed by atoms with E-state index in [9.17, 15) is 4.79 Å². The number of rotatable bonds is 5. The number of hydrogen-bond acceptors (Lipinski definition) is 4. The van der Waals surface area contributed by atoms with Gasteiger partial charge < -0.3 is 19.5 Å². The first-order valence-electron chi connectivity index (χ1n) is 11.0. The summed E-state index contributed by atoms with van der Waals surface area (Å²) in [6, 6.07) is 11.8. The topological polar surface area (TPSA) is 56.8 Å². The molecule has 0 saturated heterocycles. The van der Waals surface area contributed by atoms with Gasteiger partial charge in [0, 0.05) is 18.1 Å². The van der Waals surface area contributed by atoms with Gasteiger partial charge in [-0.2, -0.15) is 0 Å². The SMILES string of the molecule is COc1ccc(/C=C/C(=O)N[C@@H]2CC3(CCCCC3)Oc3ccc(C)cc32)cc1OC. The number of aryl methyl sites for hydroxylation is 1. The fourth-order valence-electron chi connectivity index (χ4n) is 4.77. The summed E-state index contributed by atoms with van der Waals surface area (Å²) in [5.41, 5.74) is 2.96. The van der Waals surface area contributed by atoms with E-state index in [2.05, 4.69) is 30.4 Å². The zero-order valence-electron chi connectivity index (χ0n) is 18.6. The number of fused-ring (bicyclic) bond motifs is 1. The van der Waals surface area contributed by atoms with E-state index in [1.807, 2.05) is 18.2 Å². The highest BCUT2D eigenvalue weighted by atomic mass is 16.5. The summed E-state index contributed by atoms with van der Waals surface area (Å²) in [5.74, 6) is 2.10. The molecule has 1 amide bonds. The Kier molecular flexibility index (Phi) is 6.21. The molecule has 0 aromatic heterocycles. The molecule has 31 heavy (non-hydrogen) atoms. The van der Waals surface area contributed by atoms with Crippen LogP contribution in [0.5, 0.6) is 17.2 Å². The van der Waals surface area contributed by atoms with E-state index in [0.717, 1.165) is 36.1 Å². The first-order chi connectivity index (χ1) is 15.0. The Hall–Kier alpha value is -2.95. The lowest BCUT2D eigenvalue weighted by atomic mass is 9.77. The van der Waals surface area contributed by atoms with Crippen molar-refractivity contribution >= 4 is 12.0 Å². The third kappa shape index (κ3) is 4.71. The molecule has 2 aliphatic rings. The third-order valence-electron chi connectivity index (χ3n) is 6.36. The zero-order valence-corrected chi connectivity index (χ0v) is 18.6. The molecule has 5 nitrogen and oxygen atoms in total. The second kappa shape index (κ2) is 9.04. The normalized spacial score (nSPS) is 19.5. The highest BCUT2D eigenvalue weighted by Gasteiger charge is 2.42. The van der Waals surface area contributed by atoms with E-state index in [4.69, 9.17) is 14.2 Å². The van der Waals surface area contributed by atoms with Crippen LogP contribution in [0.3, 0.4) is 0 Å². The summed E-state index contributed by atoms with van der Waals surface area (Å²) >= 11 is 0. The Morgan fingerprint density at radius 2 is 1.84 bits per heavy atom. The molecular formula is C26H31NO4. The molecule has 1 saturated carbocycles. The van der Waals surface area contributed by atoms with Crippen LogP contribution in [0.25, 0.3) is 6.08 Å². The van der Waals surface area contributed by atoms with Gasteiger partial charge in [-0.1, -0.05) is 30.2 Å². The maximum Gasteiger partial charge on any atom is 0.244 e. The molecule has 1 aliphatic carbocycles. The van der Waals surface area contributed by atoms with E-state index in [-0.39, 0.29) is 17.6 Å². The van der Waals surface area contributed by atoms with Crippen LogP contribution in [0.4, 0.5) is 0 Å². The molecule has 164 valence electrons. The molecule has 1 N–H and O–H groups in total. The van der Waals surface area contributed by atoms with Crippen molar-refractivity contribution in [1.82, 2.24) is 5.32 Å². The Bertz CT molecular complexity index is 975. The molecule has 0 bridgehead atoms. The first-order valence-corrected chi connectivity index (χ1v) is 11.0. The van der Waals surface area contributed by atoms with Crippen LogP contribution in [0.2, 0.25) is 0 Å². The van der Waals surface area contributed by atoms with Gasteiger partial charge >= 0.3 is 0 Å². The van der Waals surface area contributed by atoms with Crippen molar-refractivity contribution in [3.63, 3.8) is 0 Å². The molecule has 1 aliphatic heterocycles. The van der Waals surface area contributed by atoms with Gasteiger partial charge in [0.25, 0.3) is 0 Å². The minimum Gasteiger partial charge on any atom is -0.493 e. The number of hydrogen-bond donors (Lipinski definition) is 1. The number of ether oxygens (including phenoxy) is 3. The fraction of sp³-hybridized carbons (Fsp3) is 0.423. The molecular weight excluding hydrogens is 390 g/mol. The number of carbonyl (C=O) groups is 1. The molecule has 0 unspecified atom stereocenters. The monoisotopic (exact) mass is 421 g/mol. The molecule has 1 atom stereocenters. The zero-order chi connectivity index (χ0) is 21.8. The lowest BCUT2D eigenvalue weighted by molar-refractivity contribution is -0.118. The predicted molar refractivity (Wildman–Crippen MR) is 122 cm³/mol. The maximum absolute atomic E-state index is 12.8. The van der Waals surface area contributed by atoms with E-state index < -0.39 is 0 Å². The average molecular weight is 422 g/mol. The molecule has 2 aromatic rings. The van der Waals surface area contributed by atoms with Crippen molar-refractivity contribution in [2.45, 2.75) is 57.1 Å². The van der Waals surface area contributed by atoms with Crippen molar-refractivity contribution in [2.24, 2.45) is 0 Å². The number of methoxy groups -OCH3 is 2. The van der Waals surface area contributed by atoms with Gasteiger partial charge in [0.2, 0.25) is 5.91 Å². The average Bonchev–Trinajstić information content (AvgIpc) is 2.78. The molecule has 2 aromatic carbocycles. The van der Waals surface area contributed by atoms with Crippen LogP contribution in [0, 0.1) is 6.92 Å². The van der Waals surface area contributed by atoms with E-state index >= 15 is 0 Å². The quantitative estimate of drug-likeness (QED) is 0.660. The summed E-state index contributed by atoms with van der Waals surface area (Å²) < 4.78 is 17.1. The minimum atomic E-state index is -0.161. The van der Waals surface area contributed by atoms with E-state index in [1.54, 1.807) is 26.4 Å². The summed E-state index contributed by atoms with van der Waals surface area (Å²) in [5, 5.41) is 3.23. The standard InChI is InChI=1S/C26H31NO4/c1-18-7-10-22-20(15-18)21(17-26(31-22)13-5-4-6-14-26)27-25(28)12-9-19-8-11-23(29-2)24(16-19)30-3/h7-12,15-16,21H,4-6,13-14,17H2,1-3H3,(H,27,28)/b12-9+/t21-/m1/s1. The van der Waals surface area contributed by atoms with E-state index in [1.165, 1.54) is 24.8 Å². The molecule has 1 heterocycles. The predicted octanol–water partition coefficient (Wildman–Crippen LogP) is 5.37. The van der Waals surface area contributed by atoms with Crippen molar-refractivity contribution in [2.75, 3.05) is 14.2 Å². The summed E-state index contributed by atoms with van der Waals surface area (Å²) in [6.07, 6.45) is 9.92. The Labute approximate surface area is 184 Å². The largest absolute Gasteiger partial charge is 0.493 e. The van der Waals surface area contributed by atoms with Crippen LogP contribution in [-0.4, -0.2) is 25.7 Å². The van der Waals surface area contributed by atoms with Crippen molar-refractivity contribution in [3.05, 3.63) is 59.2 Å². The van der Waals surface area contributed by atoms with E-state index in [0.29, 0.717) is 11.5 Å². The van der Waals surface area contributed by atoms with Gasteiger partial charge in [0.1, 0.15) is 11.4 Å². The number of benzene rings is 2. The van der Waals surface area contributed by atoms with Gasteiger partial charge in [-0.15, -0.1) is 0 Å². The maximum atomic E-state index is 12.8. The Morgan fingerprint density at radius 1 is 1.06 bits per heavy atom. The van der Waals surface area contributed by atoms with Crippen molar-refractivity contribution in [3.8, 4) is 17.2 Å². The second-order valence-corrected chi connectivity index (χ2v) is 8.60. The fourth-order valence-corrected chi connectivity index (χ4v) is 4.77. The lowest BCUT2D eigenvalue weighted by Crippen LogP contribution is -2.46. The highest BCUT2D eigenvalue weighted by molar-refractivity contribution is 5.92. The Morgan fingerprint density at radius 3 is 2.58 bits per heavy atom. The Balaban J connectivity index is 1.52. The summed E-state index contributed by atoms with van der Waals surface area (Å²) in [6.45, 7) is 2.07. The molecule has 1 fully saturated rings. The third-order valence-corrected chi connectivity index (χ3v) is 6.36.